The quantitative estimate of drug-likeness (QED) is 0.896. The highest BCUT2D eigenvalue weighted by molar-refractivity contribution is 6.30. The average Bonchev–Trinajstić information content (AvgIpc) is 2.39. The Labute approximate surface area is 116 Å². The largest absolute Gasteiger partial charge is 0.405 e. The van der Waals surface area contributed by atoms with E-state index in [0.717, 1.165) is 21.8 Å². The van der Waals surface area contributed by atoms with E-state index in [1.807, 2.05) is 30.3 Å². The summed E-state index contributed by atoms with van der Waals surface area (Å²) in [4.78, 5) is 4.06. The van der Waals surface area contributed by atoms with Crippen molar-refractivity contribution in [3.8, 4) is 0 Å². The zero-order chi connectivity index (χ0) is 13.7. The highest BCUT2D eigenvalue weighted by atomic mass is 35.5. The van der Waals surface area contributed by atoms with Crippen LogP contribution in [0.25, 0.3) is 12.3 Å². The summed E-state index contributed by atoms with van der Waals surface area (Å²) >= 11 is 5.94. The maximum absolute atomic E-state index is 5.94. The molecule has 0 aliphatic heterocycles. The Hall–Kier alpha value is -2.26. The van der Waals surface area contributed by atoms with Gasteiger partial charge in [0.2, 0.25) is 0 Å². The lowest BCUT2D eigenvalue weighted by molar-refractivity contribution is 1.32. The van der Waals surface area contributed by atoms with E-state index in [9.17, 15) is 0 Å². The topological polar surface area (TPSA) is 50.9 Å². The van der Waals surface area contributed by atoms with Crippen LogP contribution in [0.2, 0.25) is 5.02 Å². The number of aromatic nitrogens is 1. The molecule has 19 heavy (non-hydrogen) atoms. The first-order chi connectivity index (χ1) is 9.20. The smallest absolute Gasteiger partial charge is 0.0570 e. The molecule has 0 aliphatic rings. The Morgan fingerprint density at radius 2 is 2.21 bits per heavy atom. The van der Waals surface area contributed by atoms with Crippen molar-refractivity contribution in [1.29, 1.82) is 0 Å². The number of halogens is 1. The minimum absolute atomic E-state index is 0.659. The second kappa shape index (κ2) is 6.07. The summed E-state index contributed by atoms with van der Waals surface area (Å²) in [5.41, 5.74) is 7.22. The van der Waals surface area contributed by atoms with Crippen molar-refractivity contribution >= 4 is 29.6 Å². The minimum atomic E-state index is 0.659. The number of hydrogen-bond donors (Lipinski definition) is 2. The molecule has 2 rings (SSSR count). The second-order valence-electron chi connectivity index (χ2n) is 3.94. The number of nitrogens with one attached hydrogen (secondary N) is 1. The zero-order valence-electron chi connectivity index (χ0n) is 10.3. The van der Waals surface area contributed by atoms with Gasteiger partial charge in [-0.1, -0.05) is 24.2 Å². The summed E-state index contributed by atoms with van der Waals surface area (Å²) in [6.45, 7) is 3.99. The van der Waals surface area contributed by atoms with Crippen molar-refractivity contribution in [2.24, 2.45) is 5.73 Å². The molecule has 96 valence electrons. The molecule has 3 N–H and O–H groups in total. The fourth-order valence-corrected chi connectivity index (χ4v) is 1.91. The van der Waals surface area contributed by atoms with Gasteiger partial charge in [-0.2, -0.15) is 0 Å². The van der Waals surface area contributed by atoms with Crippen LogP contribution in [-0.2, 0) is 0 Å². The molecule has 0 atom stereocenters. The van der Waals surface area contributed by atoms with Crippen molar-refractivity contribution < 1.29 is 0 Å². The average molecular weight is 272 g/mol. The molecule has 1 heterocycles. The van der Waals surface area contributed by atoms with Crippen molar-refractivity contribution in [2.45, 2.75) is 0 Å². The van der Waals surface area contributed by atoms with Crippen LogP contribution in [0.3, 0.4) is 0 Å². The Kier molecular flexibility index (Phi) is 4.21. The molecule has 0 saturated heterocycles. The first-order valence-electron chi connectivity index (χ1n) is 5.75. The molecule has 3 nitrogen and oxygen atoms in total. The van der Waals surface area contributed by atoms with Crippen LogP contribution in [0.1, 0.15) is 0 Å². The zero-order valence-corrected chi connectivity index (χ0v) is 11.1. The van der Waals surface area contributed by atoms with E-state index >= 15 is 0 Å². The predicted octanol–water partition coefficient (Wildman–Crippen LogP) is 1.84. The van der Waals surface area contributed by atoms with E-state index in [2.05, 4.69) is 16.9 Å². The third kappa shape index (κ3) is 3.36. The van der Waals surface area contributed by atoms with E-state index in [4.69, 9.17) is 17.3 Å². The van der Waals surface area contributed by atoms with Gasteiger partial charge in [-0.05, 0) is 41.8 Å². The Morgan fingerprint density at radius 1 is 1.37 bits per heavy atom. The number of anilines is 1. The number of nitrogens with zero attached hydrogens (tertiary/aromatic N) is 1. The Balaban J connectivity index is 2.54. The van der Waals surface area contributed by atoms with Gasteiger partial charge in [0.05, 0.1) is 11.9 Å². The van der Waals surface area contributed by atoms with Gasteiger partial charge >= 0.3 is 0 Å². The molecule has 0 amide bonds. The Bertz CT molecular complexity index is 693. The van der Waals surface area contributed by atoms with Crippen LogP contribution in [0.5, 0.6) is 0 Å². The molecule has 0 spiro atoms. The molecular weight excluding hydrogens is 258 g/mol. The normalized spacial score (nSPS) is 12.5. The molecular formula is C15H14ClN3. The van der Waals surface area contributed by atoms with Crippen molar-refractivity contribution in [1.82, 2.24) is 4.98 Å². The van der Waals surface area contributed by atoms with Gasteiger partial charge < -0.3 is 11.1 Å². The van der Waals surface area contributed by atoms with E-state index in [0.29, 0.717) is 5.02 Å². The molecule has 1 aromatic heterocycles. The molecule has 0 unspecified atom stereocenters. The Morgan fingerprint density at radius 3 is 2.84 bits per heavy atom. The standard InChI is InChI=1S/C15H14ClN3/c1-11-9-12(16)4-5-14(11)15(6-7-17)19-13-3-2-8-18-10-13/h2-10,19H,1,17H2/b7-6-,15-14+. The first kappa shape index (κ1) is 13.2. The first-order valence-corrected chi connectivity index (χ1v) is 6.12. The van der Waals surface area contributed by atoms with Crippen molar-refractivity contribution in [3.05, 3.63) is 70.5 Å². The van der Waals surface area contributed by atoms with Gasteiger partial charge in [0.15, 0.2) is 0 Å². The lowest BCUT2D eigenvalue weighted by atomic mass is 10.2. The van der Waals surface area contributed by atoms with Crippen molar-refractivity contribution in [3.63, 3.8) is 0 Å². The van der Waals surface area contributed by atoms with E-state index < -0.39 is 0 Å². The van der Waals surface area contributed by atoms with Gasteiger partial charge in [-0.15, -0.1) is 0 Å². The summed E-state index contributed by atoms with van der Waals surface area (Å²) in [7, 11) is 0. The number of benzene rings is 1. The molecule has 0 aliphatic carbocycles. The third-order valence-corrected chi connectivity index (χ3v) is 2.80. The lowest BCUT2D eigenvalue weighted by Gasteiger charge is -2.07. The van der Waals surface area contributed by atoms with Crippen molar-refractivity contribution in [2.75, 3.05) is 5.32 Å². The number of pyridine rings is 1. The van der Waals surface area contributed by atoms with E-state index in [-0.39, 0.29) is 0 Å². The molecule has 2 aromatic rings. The molecule has 4 heteroatoms. The fourth-order valence-electron chi connectivity index (χ4n) is 1.71. The van der Waals surface area contributed by atoms with Crippen LogP contribution >= 0.6 is 11.6 Å². The van der Waals surface area contributed by atoms with Crippen LogP contribution in [-0.4, -0.2) is 4.98 Å². The molecule has 0 radical (unpaired) electrons. The summed E-state index contributed by atoms with van der Waals surface area (Å²) in [5, 5.41) is 5.69. The summed E-state index contributed by atoms with van der Waals surface area (Å²) in [5.74, 6) is 0. The second-order valence-corrected chi connectivity index (χ2v) is 4.38. The highest BCUT2D eigenvalue weighted by Gasteiger charge is 1.98. The predicted molar refractivity (Wildman–Crippen MR) is 80.8 cm³/mol. The SMILES string of the molecule is C=c1cc(Cl)cc/c1=C(/C=C\N)Nc1cccnc1. The molecule has 1 aromatic carbocycles. The number of nitrogens with two attached hydrogens (primary N) is 1. The summed E-state index contributed by atoms with van der Waals surface area (Å²) in [6.07, 6.45) is 6.72. The number of rotatable bonds is 3. The van der Waals surface area contributed by atoms with E-state index in [1.54, 1.807) is 18.5 Å². The van der Waals surface area contributed by atoms with Gasteiger partial charge in [0.25, 0.3) is 0 Å². The minimum Gasteiger partial charge on any atom is -0.405 e. The van der Waals surface area contributed by atoms with Gasteiger partial charge in [0, 0.05) is 22.1 Å². The maximum Gasteiger partial charge on any atom is 0.0570 e. The maximum atomic E-state index is 5.94. The summed E-state index contributed by atoms with van der Waals surface area (Å²) < 4.78 is 0. The van der Waals surface area contributed by atoms with Crippen LogP contribution in [0.4, 0.5) is 5.69 Å². The van der Waals surface area contributed by atoms with Crippen LogP contribution in [0.15, 0.2) is 55.0 Å². The molecule has 0 bridgehead atoms. The van der Waals surface area contributed by atoms with E-state index in [1.165, 1.54) is 6.20 Å². The fraction of sp³-hybridized carbons (Fsp3) is 0. The molecule has 0 saturated carbocycles. The third-order valence-electron chi connectivity index (χ3n) is 2.56. The monoisotopic (exact) mass is 271 g/mol. The van der Waals surface area contributed by atoms with Crippen LogP contribution < -0.4 is 21.5 Å². The van der Waals surface area contributed by atoms with Gasteiger partial charge in [-0.25, -0.2) is 0 Å². The highest BCUT2D eigenvalue weighted by Crippen LogP contribution is 2.08. The summed E-state index contributed by atoms with van der Waals surface area (Å²) in [6, 6.07) is 9.32. The lowest BCUT2D eigenvalue weighted by Crippen LogP contribution is -2.27. The van der Waals surface area contributed by atoms with Gasteiger partial charge in [-0.3, -0.25) is 4.98 Å². The van der Waals surface area contributed by atoms with Gasteiger partial charge in [0.1, 0.15) is 0 Å². The molecule has 0 fully saturated rings. The number of hydrogen-bond acceptors (Lipinski definition) is 3. The van der Waals surface area contributed by atoms with Crippen LogP contribution in [0, 0.1) is 0 Å².